The molecular formula is C31H35ClFN7O2. The van der Waals surface area contributed by atoms with Crippen LogP contribution in [-0.2, 0) is 11.3 Å². The molecule has 0 saturated carbocycles. The van der Waals surface area contributed by atoms with Crippen molar-refractivity contribution in [1.82, 2.24) is 25.2 Å². The first kappa shape index (κ1) is 25.7. The van der Waals surface area contributed by atoms with E-state index in [4.69, 9.17) is 31.0 Å². The first-order valence-corrected chi connectivity index (χ1v) is 15.8. The minimum atomic E-state index is -0.438. The third-order valence-electron chi connectivity index (χ3n) is 10.7. The molecule has 42 heavy (non-hydrogen) atoms. The van der Waals surface area contributed by atoms with E-state index in [1.54, 1.807) is 18.5 Å². The van der Waals surface area contributed by atoms with E-state index in [0.29, 0.717) is 49.8 Å². The number of pyridine rings is 1. The number of halogens is 2. The van der Waals surface area contributed by atoms with E-state index in [2.05, 4.69) is 25.0 Å². The van der Waals surface area contributed by atoms with E-state index in [1.807, 2.05) is 0 Å². The van der Waals surface area contributed by atoms with Crippen LogP contribution in [0.5, 0.6) is 6.01 Å². The molecule has 0 aliphatic carbocycles. The van der Waals surface area contributed by atoms with Crippen LogP contribution in [-0.4, -0.2) is 82.9 Å². The highest BCUT2D eigenvalue weighted by Crippen LogP contribution is 2.45. The Labute approximate surface area is 249 Å². The number of nitrogens with one attached hydrogen (secondary N) is 1. The Hall–Kier alpha value is -2.79. The molecule has 4 atom stereocenters. The minimum Gasteiger partial charge on any atom is -0.461 e. The van der Waals surface area contributed by atoms with Gasteiger partial charge in [-0.15, -0.1) is 0 Å². The number of hydrogen-bond donors (Lipinski definition) is 1. The number of benzene rings is 1. The van der Waals surface area contributed by atoms with Crippen LogP contribution in [0.2, 0.25) is 5.02 Å². The second-order valence-corrected chi connectivity index (χ2v) is 13.4. The first-order valence-electron chi connectivity index (χ1n) is 15.5. The molecule has 6 aliphatic heterocycles. The molecular weight excluding hydrogens is 557 g/mol. The lowest BCUT2D eigenvalue weighted by molar-refractivity contribution is 0.0414. The fourth-order valence-corrected chi connectivity index (χ4v) is 8.98. The number of fused-ring (bicyclic) bond motifs is 7. The van der Waals surface area contributed by atoms with Crippen molar-refractivity contribution in [2.75, 3.05) is 49.2 Å². The smallest absolute Gasteiger partial charge is 0.318 e. The van der Waals surface area contributed by atoms with E-state index in [0.717, 1.165) is 54.2 Å². The highest BCUT2D eigenvalue weighted by molar-refractivity contribution is 6.36. The average Bonchev–Trinajstić information content (AvgIpc) is 3.68. The molecule has 3 aromatic rings. The number of nitrogens with zero attached hydrogens (tertiary/aromatic N) is 6. The summed E-state index contributed by atoms with van der Waals surface area (Å²) in [5.41, 5.74) is 2.85. The van der Waals surface area contributed by atoms with Crippen LogP contribution in [0.4, 0.5) is 15.9 Å². The summed E-state index contributed by atoms with van der Waals surface area (Å²) < 4.78 is 27.9. The Balaban J connectivity index is 1.13. The maximum absolute atomic E-state index is 14.6. The van der Waals surface area contributed by atoms with Crippen molar-refractivity contribution in [3.63, 3.8) is 0 Å². The summed E-state index contributed by atoms with van der Waals surface area (Å²) in [6.45, 7) is 5.53. The zero-order valence-corrected chi connectivity index (χ0v) is 24.3. The molecule has 4 unspecified atom stereocenters. The molecule has 1 N–H and O–H groups in total. The fraction of sp³-hybridized carbons (Fsp3) is 0.581. The maximum Gasteiger partial charge on any atom is 0.318 e. The predicted octanol–water partition coefficient (Wildman–Crippen LogP) is 4.23. The number of piperazine rings is 1. The molecule has 220 valence electrons. The largest absolute Gasteiger partial charge is 0.461 e. The molecule has 11 heteroatoms. The van der Waals surface area contributed by atoms with Gasteiger partial charge in [0.05, 0.1) is 47.3 Å². The van der Waals surface area contributed by atoms with Crippen LogP contribution in [0, 0.1) is 5.82 Å². The summed E-state index contributed by atoms with van der Waals surface area (Å²) in [6, 6.07) is 4.62. The molecule has 1 aromatic carbocycles. The molecule has 0 radical (unpaired) electrons. The van der Waals surface area contributed by atoms with Crippen molar-refractivity contribution >= 4 is 33.9 Å². The van der Waals surface area contributed by atoms with Gasteiger partial charge in [0.15, 0.2) is 0 Å². The van der Waals surface area contributed by atoms with Crippen LogP contribution in [0.15, 0.2) is 24.5 Å². The molecule has 2 bridgehead atoms. The molecule has 4 saturated heterocycles. The zero-order valence-electron chi connectivity index (χ0n) is 23.6. The molecule has 9 nitrogen and oxygen atoms in total. The number of anilines is 2. The summed E-state index contributed by atoms with van der Waals surface area (Å²) in [5.74, 6) is 0.527. The first-order chi connectivity index (χ1) is 20.6. The number of aromatic nitrogens is 3. The SMILES string of the molecule is Fc1ccc2cncc(N3Cc4nc(OCC56CCCN5CCC6)nc5c4C(C3)OCC3C4CCC(CN53)N4)c2c1Cl. The second-order valence-electron chi connectivity index (χ2n) is 13.0. The van der Waals surface area contributed by atoms with E-state index >= 15 is 0 Å². The van der Waals surface area contributed by atoms with Gasteiger partial charge < -0.3 is 24.6 Å². The van der Waals surface area contributed by atoms with Crippen molar-refractivity contribution in [3.05, 3.63) is 46.6 Å². The van der Waals surface area contributed by atoms with Gasteiger partial charge >= 0.3 is 6.01 Å². The lowest BCUT2D eigenvalue weighted by Crippen LogP contribution is -2.59. The van der Waals surface area contributed by atoms with Gasteiger partial charge in [-0.1, -0.05) is 11.6 Å². The molecule has 4 fully saturated rings. The summed E-state index contributed by atoms with van der Waals surface area (Å²) in [7, 11) is 0. The quantitative estimate of drug-likeness (QED) is 0.480. The lowest BCUT2D eigenvalue weighted by Gasteiger charge is -2.41. The van der Waals surface area contributed by atoms with Crippen molar-refractivity contribution in [1.29, 1.82) is 0 Å². The molecule has 0 amide bonds. The molecule has 9 rings (SSSR count). The van der Waals surface area contributed by atoms with E-state index < -0.39 is 5.82 Å². The normalized spacial score (nSPS) is 29.4. The Morgan fingerprint density at radius 2 is 2.00 bits per heavy atom. The van der Waals surface area contributed by atoms with E-state index in [-0.39, 0.29) is 22.7 Å². The average molecular weight is 592 g/mol. The van der Waals surface area contributed by atoms with Gasteiger partial charge in [0.25, 0.3) is 0 Å². The van der Waals surface area contributed by atoms with Crippen LogP contribution < -0.4 is 19.9 Å². The number of rotatable bonds is 4. The monoisotopic (exact) mass is 591 g/mol. The third-order valence-corrected chi connectivity index (χ3v) is 11.1. The van der Waals surface area contributed by atoms with Crippen molar-refractivity contribution in [2.45, 2.75) is 74.8 Å². The molecule has 2 aromatic heterocycles. The van der Waals surface area contributed by atoms with Gasteiger partial charge in [-0.2, -0.15) is 9.97 Å². The molecule has 6 aliphatic rings. The minimum absolute atomic E-state index is 0.108. The Morgan fingerprint density at radius 3 is 2.88 bits per heavy atom. The van der Waals surface area contributed by atoms with E-state index in [9.17, 15) is 4.39 Å². The summed E-state index contributed by atoms with van der Waals surface area (Å²) in [6.07, 6.45) is 10.4. The van der Waals surface area contributed by atoms with Crippen molar-refractivity contribution in [3.8, 4) is 6.01 Å². The van der Waals surface area contributed by atoms with Crippen LogP contribution in [0.25, 0.3) is 10.8 Å². The standard InChI is InChI=1S/C31H35ClFN7O2/c32-28-20(33)5-3-18-11-34-12-23(26(18)28)38-14-22-27-25(15-38)41-16-24-21-6-4-19(35-21)13-40(24)29(27)37-30(36-22)42-17-31-7-1-9-39(31)10-2-8-31/h3,5,11-12,19,21,24-25,35H,1-2,4,6-10,13-17H2. The summed E-state index contributed by atoms with van der Waals surface area (Å²) in [5, 5.41) is 5.38. The van der Waals surface area contributed by atoms with Crippen molar-refractivity contribution in [2.24, 2.45) is 0 Å². The van der Waals surface area contributed by atoms with Gasteiger partial charge in [-0.05, 0) is 63.7 Å². The Morgan fingerprint density at radius 1 is 1.12 bits per heavy atom. The zero-order chi connectivity index (χ0) is 28.0. The van der Waals surface area contributed by atoms with Crippen LogP contribution in [0.3, 0.4) is 0 Å². The maximum atomic E-state index is 14.6. The van der Waals surface area contributed by atoms with Gasteiger partial charge in [0.1, 0.15) is 24.3 Å². The predicted molar refractivity (Wildman–Crippen MR) is 158 cm³/mol. The highest BCUT2D eigenvalue weighted by Gasteiger charge is 2.47. The van der Waals surface area contributed by atoms with Gasteiger partial charge in [0.2, 0.25) is 0 Å². The highest BCUT2D eigenvalue weighted by atomic mass is 35.5. The molecule has 8 heterocycles. The van der Waals surface area contributed by atoms with E-state index in [1.165, 1.54) is 38.2 Å². The number of ether oxygens (including phenoxy) is 2. The number of hydrogen-bond acceptors (Lipinski definition) is 9. The summed E-state index contributed by atoms with van der Waals surface area (Å²) in [4.78, 5) is 22.0. The topological polar surface area (TPSA) is 78.9 Å². The lowest BCUT2D eigenvalue weighted by atomic mass is 9.95. The fourth-order valence-electron chi connectivity index (χ4n) is 8.71. The van der Waals surface area contributed by atoms with Crippen LogP contribution in [0.1, 0.15) is 55.9 Å². The van der Waals surface area contributed by atoms with Crippen LogP contribution >= 0.6 is 11.6 Å². The van der Waals surface area contributed by atoms with Gasteiger partial charge in [0, 0.05) is 47.7 Å². The Kier molecular flexibility index (Phi) is 5.87. The summed E-state index contributed by atoms with van der Waals surface area (Å²) >= 11 is 6.55. The van der Waals surface area contributed by atoms with Gasteiger partial charge in [-0.3, -0.25) is 9.88 Å². The second kappa shape index (κ2) is 9.61. The van der Waals surface area contributed by atoms with Crippen molar-refractivity contribution < 1.29 is 13.9 Å². The third kappa shape index (κ3) is 3.87. The van der Waals surface area contributed by atoms with Gasteiger partial charge in [-0.25, -0.2) is 4.39 Å². The molecule has 0 spiro atoms. The Bertz CT molecular complexity index is 1560.